The van der Waals surface area contributed by atoms with Gasteiger partial charge in [-0.3, -0.25) is 15.1 Å². The van der Waals surface area contributed by atoms with Crippen molar-refractivity contribution in [1.82, 2.24) is 19.9 Å². The molecule has 3 aromatic heterocycles. The van der Waals surface area contributed by atoms with Gasteiger partial charge >= 0.3 is 0 Å². The molecule has 3 rings (SSSR count). The van der Waals surface area contributed by atoms with Gasteiger partial charge in [-0.05, 0) is 18.1 Å². The third-order valence-corrected chi connectivity index (χ3v) is 4.11. The Labute approximate surface area is 137 Å². The Hall–Kier alpha value is -2.67. The molecule has 0 aliphatic carbocycles. The summed E-state index contributed by atoms with van der Waals surface area (Å²) >= 11 is 1.38. The van der Waals surface area contributed by atoms with E-state index >= 15 is 0 Å². The Kier molecular flexibility index (Phi) is 4.38. The fourth-order valence-electron chi connectivity index (χ4n) is 2.10. The van der Waals surface area contributed by atoms with Crippen LogP contribution < -0.4 is 5.32 Å². The van der Waals surface area contributed by atoms with Crippen LogP contribution in [0.25, 0.3) is 10.6 Å². The zero-order valence-electron chi connectivity index (χ0n) is 12.7. The van der Waals surface area contributed by atoms with Gasteiger partial charge in [-0.25, -0.2) is 15.0 Å². The second kappa shape index (κ2) is 6.62. The van der Waals surface area contributed by atoms with Crippen molar-refractivity contribution in [3.8, 4) is 10.6 Å². The Morgan fingerprint density at radius 1 is 1.17 bits per heavy atom. The minimum absolute atomic E-state index is 0.138. The molecule has 1 amide bonds. The zero-order valence-corrected chi connectivity index (χ0v) is 13.5. The van der Waals surface area contributed by atoms with Gasteiger partial charge in [0, 0.05) is 18.6 Å². The lowest BCUT2D eigenvalue weighted by atomic mass is 10.1. The van der Waals surface area contributed by atoms with E-state index < -0.39 is 0 Å². The van der Waals surface area contributed by atoms with Crippen LogP contribution >= 0.6 is 11.3 Å². The zero-order chi connectivity index (χ0) is 16.2. The van der Waals surface area contributed by atoms with Gasteiger partial charge < -0.3 is 0 Å². The van der Waals surface area contributed by atoms with Gasteiger partial charge in [0.15, 0.2) is 5.13 Å². The SMILES string of the molecule is CC(C)c1ncncc1C(=O)Nc1ncc(-c2ccccn2)s1. The van der Waals surface area contributed by atoms with Crippen LogP contribution in [0.4, 0.5) is 5.13 Å². The maximum absolute atomic E-state index is 12.4. The van der Waals surface area contributed by atoms with E-state index in [2.05, 4.69) is 25.3 Å². The first-order valence-corrected chi connectivity index (χ1v) is 7.95. The highest BCUT2D eigenvalue weighted by molar-refractivity contribution is 7.19. The minimum atomic E-state index is -0.253. The summed E-state index contributed by atoms with van der Waals surface area (Å²) in [7, 11) is 0. The molecule has 1 N–H and O–H groups in total. The molecule has 0 aliphatic rings. The Balaban J connectivity index is 1.81. The highest BCUT2D eigenvalue weighted by Crippen LogP contribution is 2.27. The van der Waals surface area contributed by atoms with E-state index in [0.29, 0.717) is 10.7 Å². The normalized spacial score (nSPS) is 10.7. The van der Waals surface area contributed by atoms with E-state index in [4.69, 9.17) is 0 Å². The summed E-state index contributed by atoms with van der Waals surface area (Å²) in [5, 5.41) is 3.33. The van der Waals surface area contributed by atoms with Crippen LogP contribution in [0.5, 0.6) is 0 Å². The van der Waals surface area contributed by atoms with E-state index in [1.807, 2.05) is 32.0 Å². The van der Waals surface area contributed by atoms with E-state index in [1.54, 1.807) is 12.4 Å². The van der Waals surface area contributed by atoms with Crippen molar-refractivity contribution < 1.29 is 4.79 Å². The summed E-state index contributed by atoms with van der Waals surface area (Å²) in [4.78, 5) is 30.0. The lowest BCUT2D eigenvalue weighted by molar-refractivity contribution is 0.102. The van der Waals surface area contributed by atoms with Gasteiger partial charge in [0.25, 0.3) is 5.91 Å². The monoisotopic (exact) mass is 325 g/mol. The van der Waals surface area contributed by atoms with Gasteiger partial charge in [-0.15, -0.1) is 0 Å². The minimum Gasteiger partial charge on any atom is -0.298 e. The lowest BCUT2D eigenvalue weighted by Crippen LogP contribution is -2.16. The van der Waals surface area contributed by atoms with Gasteiger partial charge in [0.2, 0.25) is 0 Å². The van der Waals surface area contributed by atoms with Crippen LogP contribution in [0.3, 0.4) is 0 Å². The third-order valence-electron chi connectivity index (χ3n) is 3.18. The number of nitrogens with one attached hydrogen (secondary N) is 1. The maximum Gasteiger partial charge on any atom is 0.260 e. The first-order valence-electron chi connectivity index (χ1n) is 7.13. The van der Waals surface area contributed by atoms with E-state index in [9.17, 15) is 4.79 Å². The second-order valence-electron chi connectivity index (χ2n) is 5.18. The number of anilines is 1. The molecule has 0 bridgehead atoms. The number of hydrogen-bond acceptors (Lipinski definition) is 6. The predicted octanol–water partition coefficient (Wildman–Crippen LogP) is 3.37. The molecule has 0 unspecified atom stereocenters. The van der Waals surface area contributed by atoms with Crippen molar-refractivity contribution in [3.63, 3.8) is 0 Å². The molecule has 0 radical (unpaired) electrons. The first kappa shape index (κ1) is 15.2. The summed E-state index contributed by atoms with van der Waals surface area (Å²) < 4.78 is 0. The molecule has 0 spiro atoms. The van der Waals surface area contributed by atoms with Crippen molar-refractivity contribution in [1.29, 1.82) is 0 Å². The molecule has 6 nitrogen and oxygen atoms in total. The summed E-state index contributed by atoms with van der Waals surface area (Å²) in [5.74, 6) is -0.115. The average molecular weight is 325 g/mol. The Morgan fingerprint density at radius 3 is 2.78 bits per heavy atom. The molecule has 0 atom stereocenters. The van der Waals surface area contributed by atoms with Crippen molar-refractivity contribution in [2.75, 3.05) is 5.32 Å². The molecule has 0 aromatic carbocycles. The molecular formula is C16H15N5OS. The number of pyridine rings is 1. The number of hydrogen-bond donors (Lipinski definition) is 1. The molecule has 3 aromatic rings. The average Bonchev–Trinajstić information content (AvgIpc) is 3.04. The van der Waals surface area contributed by atoms with Crippen molar-refractivity contribution >= 4 is 22.4 Å². The van der Waals surface area contributed by atoms with Crippen LogP contribution in [-0.2, 0) is 0 Å². The highest BCUT2D eigenvalue weighted by Gasteiger charge is 2.17. The number of thiazole rings is 1. The molecule has 116 valence electrons. The largest absolute Gasteiger partial charge is 0.298 e. The Bertz CT molecular complexity index is 816. The molecule has 23 heavy (non-hydrogen) atoms. The lowest BCUT2D eigenvalue weighted by Gasteiger charge is -2.09. The molecule has 0 aliphatic heterocycles. The second-order valence-corrected chi connectivity index (χ2v) is 6.21. The standard InChI is InChI=1S/C16H15N5OS/c1-10(2)14-11(7-17-9-20-14)15(22)21-16-19-8-13(23-16)12-5-3-4-6-18-12/h3-10H,1-2H3,(H,19,21,22). The number of rotatable bonds is 4. The summed E-state index contributed by atoms with van der Waals surface area (Å²) in [6, 6.07) is 5.67. The maximum atomic E-state index is 12.4. The summed E-state index contributed by atoms with van der Waals surface area (Å²) in [5.41, 5.74) is 2.02. The van der Waals surface area contributed by atoms with E-state index in [1.165, 1.54) is 23.9 Å². The van der Waals surface area contributed by atoms with Gasteiger partial charge in [0.1, 0.15) is 6.33 Å². The van der Waals surface area contributed by atoms with E-state index in [-0.39, 0.29) is 11.8 Å². The van der Waals surface area contributed by atoms with Crippen LogP contribution in [0.2, 0.25) is 0 Å². The molecule has 0 fully saturated rings. The number of nitrogens with zero attached hydrogens (tertiary/aromatic N) is 4. The Morgan fingerprint density at radius 2 is 2.04 bits per heavy atom. The van der Waals surface area contributed by atoms with Crippen molar-refractivity contribution in [2.45, 2.75) is 19.8 Å². The molecule has 3 heterocycles. The molecular weight excluding hydrogens is 310 g/mol. The van der Waals surface area contributed by atoms with Gasteiger partial charge in [-0.2, -0.15) is 0 Å². The summed E-state index contributed by atoms with van der Waals surface area (Å²) in [6.45, 7) is 3.98. The summed E-state index contributed by atoms with van der Waals surface area (Å²) in [6.07, 6.45) is 6.41. The quantitative estimate of drug-likeness (QED) is 0.795. The van der Waals surface area contributed by atoms with Crippen molar-refractivity contribution in [3.05, 3.63) is 54.4 Å². The van der Waals surface area contributed by atoms with Crippen LogP contribution in [0, 0.1) is 0 Å². The fourth-order valence-corrected chi connectivity index (χ4v) is 2.89. The van der Waals surface area contributed by atoms with Crippen LogP contribution in [-0.4, -0.2) is 25.8 Å². The smallest absolute Gasteiger partial charge is 0.260 e. The third kappa shape index (κ3) is 3.40. The van der Waals surface area contributed by atoms with Crippen LogP contribution in [0.15, 0.2) is 43.1 Å². The van der Waals surface area contributed by atoms with Gasteiger partial charge in [0.05, 0.1) is 21.8 Å². The topological polar surface area (TPSA) is 80.7 Å². The molecule has 7 heteroatoms. The number of carbonyl (C=O) groups is 1. The highest BCUT2D eigenvalue weighted by atomic mass is 32.1. The number of aromatic nitrogens is 4. The fraction of sp³-hybridized carbons (Fsp3) is 0.188. The van der Waals surface area contributed by atoms with Crippen LogP contribution in [0.1, 0.15) is 35.8 Å². The van der Waals surface area contributed by atoms with E-state index in [0.717, 1.165) is 16.3 Å². The predicted molar refractivity (Wildman–Crippen MR) is 89.4 cm³/mol. The van der Waals surface area contributed by atoms with Gasteiger partial charge in [-0.1, -0.05) is 31.3 Å². The first-order chi connectivity index (χ1) is 11.1. The molecule has 0 saturated carbocycles. The number of amides is 1. The molecule has 0 saturated heterocycles. The van der Waals surface area contributed by atoms with Crippen molar-refractivity contribution in [2.24, 2.45) is 0 Å². The number of carbonyl (C=O) groups excluding carboxylic acids is 1.